The lowest BCUT2D eigenvalue weighted by atomic mass is 9.97. The molecule has 3 aromatic heterocycles. The Hall–Kier alpha value is -2.17. The molecule has 30 heavy (non-hydrogen) atoms. The highest BCUT2D eigenvalue weighted by molar-refractivity contribution is 8.00. The van der Waals surface area contributed by atoms with Crippen molar-refractivity contribution in [2.45, 2.75) is 29.9 Å². The molecule has 0 aromatic carbocycles. The van der Waals surface area contributed by atoms with Gasteiger partial charge in [-0.25, -0.2) is 9.78 Å². The van der Waals surface area contributed by atoms with Gasteiger partial charge in [-0.1, -0.05) is 5.16 Å². The number of ether oxygens (including phenoxy) is 1. The van der Waals surface area contributed by atoms with Crippen molar-refractivity contribution in [3.05, 3.63) is 39.2 Å². The van der Waals surface area contributed by atoms with Crippen LogP contribution in [0.1, 0.15) is 50.9 Å². The second-order valence-corrected chi connectivity index (χ2v) is 9.84. The SMILES string of the molecule is CCOC(=O)c1cc(-c2csc(C3CCN(C(=O)c4ccc(SC)s4)CC3)n2)on1. The molecule has 0 unspecified atom stereocenters. The Kier molecular flexibility index (Phi) is 6.55. The van der Waals surface area contributed by atoms with Crippen LogP contribution in [-0.4, -0.2) is 52.9 Å². The average Bonchev–Trinajstić information content (AvgIpc) is 3.53. The molecule has 4 rings (SSSR count). The fraction of sp³-hybridized carbons (Fsp3) is 0.400. The number of carbonyl (C=O) groups excluding carboxylic acids is 2. The fourth-order valence-corrected chi connectivity index (χ4v) is 5.81. The largest absolute Gasteiger partial charge is 0.461 e. The molecule has 0 atom stereocenters. The van der Waals surface area contributed by atoms with Crippen molar-refractivity contribution >= 4 is 46.3 Å². The summed E-state index contributed by atoms with van der Waals surface area (Å²) in [6.45, 7) is 3.47. The van der Waals surface area contributed by atoms with E-state index in [2.05, 4.69) is 5.16 Å². The van der Waals surface area contributed by atoms with Gasteiger partial charge in [-0.2, -0.15) is 0 Å². The maximum atomic E-state index is 12.7. The van der Waals surface area contributed by atoms with Crippen molar-refractivity contribution in [2.75, 3.05) is 26.0 Å². The van der Waals surface area contributed by atoms with E-state index < -0.39 is 5.97 Å². The number of likely N-dealkylation sites (tertiary alicyclic amines) is 1. The second-order valence-electron chi connectivity index (χ2n) is 6.76. The number of hydrogen-bond donors (Lipinski definition) is 0. The van der Waals surface area contributed by atoms with Crippen LogP contribution >= 0.6 is 34.4 Å². The Morgan fingerprint density at radius 1 is 1.33 bits per heavy atom. The summed E-state index contributed by atoms with van der Waals surface area (Å²) < 4.78 is 11.4. The van der Waals surface area contributed by atoms with Crippen LogP contribution in [0.2, 0.25) is 0 Å². The Morgan fingerprint density at radius 2 is 2.13 bits per heavy atom. The molecular formula is C20H21N3O4S3. The molecule has 0 radical (unpaired) electrons. The minimum atomic E-state index is -0.504. The third-order valence-corrected chi connectivity index (χ3v) is 8.06. The number of amides is 1. The number of thiazole rings is 1. The molecule has 0 N–H and O–H groups in total. The van der Waals surface area contributed by atoms with Gasteiger partial charge in [0.05, 0.1) is 20.7 Å². The normalized spacial score (nSPS) is 14.8. The van der Waals surface area contributed by atoms with Gasteiger partial charge in [0.2, 0.25) is 0 Å². The van der Waals surface area contributed by atoms with E-state index in [9.17, 15) is 9.59 Å². The zero-order chi connectivity index (χ0) is 21.1. The number of rotatable bonds is 6. The van der Waals surface area contributed by atoms with Gasteiger partial charge in [0.25, 0.3) is 5.91 Å². The topological polar surface area (TPSA) is 85.5 Å². The minimum absolute atomic E-state index is 0.117. The number of piperidine rings is 1. The van der Waals surface area contributed by atoms with Crippen LogP contribution in [0.3, 0.4) is 0 Å². The van der Waals surface area contributed by atoms with Gasteiger partial charge in [0.1, 0.15) is 5.69 Å². The summed E-state index contributed by atoms with van der Waals surface area (Å²) in [5.74, 6) is 0.378. The smallest absolute Gasteiger partial charge is 0.360 e. The number of carbonyl (C=O) groups is 2. The van der Waals surface area contributed by atoms with Gasteiger partial charge in [-0.05, 0) is 38.2 Å². The molecule has 3 aromatic rings. The van der Waals surface area contributed by atoms with Crippen LogP contribution in [0, 0.1) is 0 Å². The Bertz CT molecular complexity index is 1030. The fourth-order valence-electron chi connectivity index (χ4n) is 3.32. The summed E-state index contributed by atoms with van der Waals surface area (Å²) in [5.41, 5.74) is 0.811. The maximum Gasteiger partial charge on any atom is 0.360 e. The predicted octanol–water partition coefficient (Wildman–Crippen LogP) is 4.78. The lowest BCUT2D eigenvalue weighted by Crippen LogP contribution is -2.37. The van der Waals surface area contributed by atoms with Crippen molar-refractivity contribution in [1.29, 1.82) is 0 Å². The standard InChI is InChI=1S/C20H21N3O4S3/c1-3-26-20(25)13-10-15(27-22-13)14-11-29-18(21-14)12-6-8-23(9-7-12)19(24)16-4-5-17(28-2)30-16/h4-5,10-12H,3,6-9H2,1-2H3. The molecule has 0 aliphatic carbocycles. The van der Waals surface area contributed by atoms with Gasteiger partial charge in [0.15, 0.2) is 11.5 Å². The molecule has 0 saturated carbocycles. The summed E-state index contributed by atoms with van der Waals surface area (Å²) in [6, 6.07) is 5.48. The van der Waals surface area contributed by atoms with Crippen LogP contribution in [0.25, 0.3) is 11.5 Å². The number of aromatic nitrogens is 2. The van der Waals surface area contributed by atoms with Gasteiger partial charge in [0, 0.05) is 30.5 Å². The Labute approximate surface area is 186 Å². The molecule has 7 nitrogen and oxygen atoms in total. The van der Waals surface area contributed by atoms with E-state index in [1.165, 1.54) is 0 Å². The average molecular weight is 464 g/mol. The number of nitrogens with zero attached hydrogens (tertiary/aromatic N) is 3. The zero-order valence-electron chi connectivity index (χ0n) is 16.6. The van der Waals surface area contributed by atoms with E-state index in [1.54, 1.807) is 47.4 Å². The second kappa shape index (κ2) is 9.32. The van der Waals surface area contributed by atoms with Crippen LogP contribution in [0.15, 0.2) is 32.3 Å². The highest BCUT2D eigenvalue weighted by Gasteiger charge is 2.27. The van der Waals surface area contributed by atoms with Crippen molar-refractivity contribution in [1.82, 2.24) is 15.0 Å². The highest BCUT2D eigenvalue weighted by atomic mass is 32.2. The molecular weight excluding hydrogens is 442 g/mol. The Morgan fingerprint density at radius 3 is 2.83 bits per heavy atom. The summed E-state index contributed by atoms with van der Waals surface area (Å²) in [7, 11) is 0. The summed E-state index contributed by atoms with van der Waals surface area (Å²) in [5, 5.41) is 6.70. The summed E-state index contributed by atoms with van der Waals surface area (Å²) in [4.78, 5) is 31.9. The van der Waals surface area contributed by atoms with Gasteiger partial charge >= 0.3 is 5.97 Å². The quantitative estimate of drug-likeness (QED) is 0.384. The molecule has 1 saturated heterocycles. The first-order valence-corrected chi connectivity index (χ1v) is 12.5. The van der Waals surface area contributed by atoms with Crippen molar-refractivity contribution < 1.29 is 18.8 Å². The van der Waals surface area contributed by atoms with E-state index in [1.807, 2.05) is 28.7 Å². The highest BCUT2D eigenvalue weighted by Crippen LogP contribution is 2.34. The van der Waals surface area contributed by atoms with Gasteiger partial charge in [-0.3, -0.25) is 4.79 Å². The molecule has 1 aliphatic heterocycles. The first kappa shape index (κ1) is 21.1. The van der Waals surface area contributed by atoms with Crippen molar-refractivity contribution in [2.24, 2.45) is 0 Å². The van der Waals surface area contributed by atoms with E-state index in [-0.39, 0.29) is 18.2 Å². The van der Waals surface area contributed by atoms with Gasteiger partial charge in [-0.15, -0.1) is 34.4 Å². The van der Waals surface area contributed by atoms with E-state index in [0.29, 0.717) is 17.4 Å². The zero-order valence-corrected chi connectivity index (χ0v) is 19.1. The maximum absolute atomic E-state index is 12.7. The summed E-state index contributed by atoms with van der Waals surface area (Å²) in [6.07, 6.45) is 3.78. The summed E-state index contributed by atoms with van der Waals surface area (Å²) >= 11 is 4.78. The van der Waals surface area contributed by atoms with Crippen LogP contribution < -0.4 is 0 Å². The third kappa shape index (κ3) is 4.45. The Balaban J connectivity index is 1.37. The minimum Gasteiger partial charge on any atom is -0.461 e. The first-order chi connectivity index (χ1) is 14.6. The molecule has 0 bridgehead atoms. The number of thiophene rings is 1. The van der Waals surface area contributed by atoms with Crippen LogP contribution in [0.4, 0.5) is 0 Å². The lowest BCUT2D eigenvalue weighted by Gasteiger charge is -2.30. The van der Waals surface area contributed by atoms with E-state index in [0.717, 1.165) is 40.0 Å². The molecule has 1 aliphatic rings. The molecule has 4 heterocycles. The predicted molar refractivity (Wildman–Crippen MR) is 118 cm³/mol. The van der Waals surface area contributed by atoms with Gasteiger partial charge < -0.3 is 14.2 Å². The van der Waals surface area contributed by atoms with Crippen molar-refractivity contribution in [3.8, 4) is 11.5 Å². The number of thioether (sulfide) groups is 1. The molecule has 10 heteroatoms. The molecule has 158 valence electrons. The number of hydrogen-bond acceptors (Lipinski definition) is 9. The van der Waals surface area contributed by atoms with E-state index >= 15 is 0 Å². The molecule has 1 fully saturated rings. The molecule has 0 spiro atoms. The molecule has 1 amide bonds. The van der Waals surface area contributed by atoms with Crippen LogP contribution in [-0.2, 0) is 4.74 Å². The van der Waals surface area contributed by atoms with Crippen LogP contribution in [0.5, 0.6) is 0 Å². The number of esters is 1. The first-order valence-electron chi connectivity index (χ1n) is 9.61. The van der Waals surface area contributed by atoms with E-state index in [4.69, 9.17) is 14.2 Å². The third-order valence-electron chi connectivity index (χ3n) is 4.89. The van der Waals surface area contributed by atoms with Crippen molar-refractivity contribution in [3.63, 3.8) is 0 Å². The lowest BCUT2D eigenvalue weighted by molar-refractivity contribution is 0.0514. The monoisotopic (exact) mass is 463 g/mol.